The number of hydrogen-bond donors (Lipinski definition) is 2. The SMILES string of the molecule is COc1ccc(OC)c(C2Nc3ccccc3NC3=C2C(=O)CC(c2ccc(OC)c(OC)c2)C3)c1. The predicted octanol–water partition coefficient (Wildman–Crippen LogP) is 5.70. The molecular formula is C29H30N2O5. The first-order valence-corrected chi connectivity index (χ1v) is 11.9. The third-order valence-electron chi connectivity index (χ3n) is 6.94. The summed E-state index contributed by atoms with van der Waals surface area (Å²) in [6, 6.07) is 19.1. The van der Waals surface area contributed by atoms with Crippen LogP contribution in [0, 0.1) is 0 Å². The quantitative estimate of drug-likeness (QED) is 0.463. The molecule has 1 aliphatic carbocycles. The predicted molar refractivity (Wildman–Crippen MR) is 140 cm³/mol. The number of benzene rings is 3. The van der Waals surface area contributed by atoms with Gasteiger partial charge in [-0.25, -0.2) is 0 Å². The first kappa shape index (κ1) is 23.6. The van der Waals surface area contributed by atoms with Gasteiger partial charge in [0, 0.05) is 23.3 Å². The molecule has 7 heteroatoms. The molecule has 1 aliphatic heterocycles. The molecule has 2 atom stereocenters. The van der Waals surface area contributed by atoms with Gasteiger partial charge in [0.25, 0.3) is 0 Å². The van der Waals surface area contributed by atoms with Crippen LogP contribution >= 0.6 is 0 Å². The van der Waals surface area contributed by atoms with Crippen LogP contribution in [0.3, 0.4) is 0 Å². The van der Waals surface area contributed by atoms with Crippen LogP contribution in [0.1, 0.15) is 35.9 Å². The summed E-state index contributed by atoms with van der Waals surface area (Å²) in [5.41, 5.74) is 5.34. The second-order valence-corrected chi connectivity index (χ2v) is 8.89. The Morgan fingerprint density at radius 3 is 2.19 bits per heavy atom. The number of allylic oxidation sites excluding steroid dienone is 1. The second-order valence-electron chi connectivity index (χ2n) is 8.89. The van der Waals surface area contributed by atoms with Crippen LogP contribution in [0.25, 0.3) is 0 Å². The van der Waals surface area contributed by atoms with Crippen molar-refractivity contribution in [3.05, 3.63) is 83.1 Å². The number of Topliss-reactive ketones (excluding diaryl/α,β-unsaturated/α-hetero) is 1. The molecule has 2 aliphatic rings. The Morgan fingerprint density at radius 1 is 0.750 bits per heavy atom. The van der Waals surface area contributed by atoms with Crippen molar-refractivity contribution in [2.45, 2.75) is 24.8 Å². The molecule has 3 aromatic carbocycles. The summed E-state index contributed by atoms with van der Waals surface area (Å²) in [5.74, 6) is 2.79. The van der Waals surface area contributed by atoms with Crippen molar-refractivity contribution in [2.75, 3.05) is 39.1 Å². The summed E-state index contributed by atoms with van der Waals surface area (Å²) < 4.78 is 22.1. The minimum Gasteiger partial charge on any atom is -0.497 e. The summed E-state index contributed by atoms with van der Waals surface area (Å²) in [6.45, 7) is 0. The highest BCUT2D eigenvalue weighted by Gasteiger charge is 2.37. The Labute approximate surface area is 211 Å². The molecular weight excluding hydrogens is 456 g/mol. The molecule has 5 rings (SSSR count). The Hall–Kier alpha value is -4.13. The summed E-state index contributed by atoms with van der Waals surface area (Å²) in [7, 11) is 6.51. The molecule has 2 N–H and O–H groups in total. The van der Waals surface area contributed by atoms with Gasteiger partial charge in [-0.3, -0.25) is 4.79 Å². The number of carbonyl (C=O) groups excluding carboxylic acids is 1. The van der Waals surface area contributed by atoms with E-state index in [1.165, 1.54) is 0 Å². The smallest absolute Gasteiger partial charge is 0.163 e. The highest BCUT2D eigenvalue weighted by atomic mass is 16.5. The van der Waals surface area contributed by atoms with Gasteiger partial charge in [0.15, 0.2) is 17.3 Å². The Balaban J connectivity index is 1.62. The minimum atomic E-state index is -0.403. The maximum atomic E-state index is 13.9. The fraction of sp³-hybridized carbons (Fsp3) is 0.276. The molecule has 0 amide bonds. The van der Waals surface area contributed by atoms with E-state index in [4.69, 9.17) is 18.9 Å². The Bertz CT molecular complexity index is 1330. The summed E-state index contributed by atoms with van der Waals surface area (Å²) in [5, 5.41) is 7.18. The number of methoxy groups -OCH3 is 4. The Kier molecular flexibility index (Phi) is 6.46. The van der Waals surface area contributed by atoms with Crippen LogP contribution in [-0.4, -0.2) is 34.2 Å². The van der Waals surface area contributed by atoms with Crippen molar-refractivity contribution < 1.29 is 23.7 Å². The zero-order chi connectivity index (χ0) is 25.2. The second kappa shape index (κ2) is 9.85. The van der Waals surface area contributed by atoms with Gasteiger partial charge in [-0.1, -0.05) is 18.2 Å². The van der Waals surface area contributed by atoms with Gasteiger partial charge in [-0.05, 0) is 60.4 Å². The molecule has 0 radical (unpaired) electrons. The van der Waals surface area contributed by atoms with Gasteiger partial charge in [0.2, 0.25) is 0 Å². The standard InChI is InChI=1S/C29H30N2O5/c1-33-19-10-12-25(34-2)20(16-19)29-28-23(30-21-7-5-6-8-22(21)31-29)13-18(14-24(28)32)17-9-11-26(35-3)27(15-17)36-4/h5-12,15-16,18,29-31H,13-14H2,1-4H3. The molecule has 0 fully saturated rings. The monoisotopic (exact) mass is 486 g/mol. The third-order valence-corrected chi connectivity index (χ3v) is 6.94. The highest BCUT2D eigenvalue weighted by Crippen LogP contribution is 2.47. The molecule has 0 bridgehead atoms. The van der Waals surface area contributed by atoms with Crippen LogP contribution in [0.2, 0.25) is 0 Å². The van der Waals surface area contributed by atoms with Gasteiger partial charge >= 0.3 is 0 Å². The van der Waals surface area contributed by atoms with E-state index in [9.17, 15) is 4.79 Å². The topological polar surface area (TPSA) is 78.1 Å². The number of para-hydroxylation sites is 2. The first-order chi connectivity index (χ1) is 17.6. The van der Waals surface area contributed by atoms with Crippen LogP contribution in [0.15, 0.2) is 71.9 Å². The van der Waals surface area contributed by atoms with E-state index in [1.54, 1.807) is 28.4 Å². The third kappa shape index (κ3) is 4.21. The van der Waals surface area contributed by atoms with Crippen molar-refractivity contribution in [1.29, 1.82) is 0 Å². The number of nitrogens with one attached hydrogen (secondary N) is 2. The zero-order valence-corrected chi connectivity index (χ0v) is 20.9. The van der Waals surface area contributed by atoms with Crippen LogP contribution in [-0.2, 0) is 4.79 Å². The molecule has 7 nitrogen and oxygen atoms in total. The molecule has 2 unspecified atom stereocenters. The Morgan fingerprint density at radius 2 is 1.47 bits per heavy atom. The lowest BCUT2D eigenvalue weighted by Crippen LogP contribution is -2.27. The van der Waals surface area contributed by atoms with Crippen molar-refractivity contribution in [2.24, 2.45) is 0 Å². The summed E-state index contributed by atoms with van der Waals surface area (Å²) >= 11 is 0. The first-order valence-electron chi connectivity index (χ1n) is 11.9. The molecule has 0 spiro atoms. The van der Waals surface area contributed by atoms with Crippen molar-refractivity contribution in [3.8, 4) is 23.0 Å². The highest BCUT2D eigenvalue weighted by molar-refractivity contribution is 6.01. The van der Waals surface area contributed by atoms with E-state index in [0.717, 1.165) is 33.8 Å². The van der Waals surface area contributed by atoms with Gasteiger partial charge in [0.05, 0.1) is 45.9 Å². The van der Waals surface area contributed by atoms with E-state index < -0.39 is 6.04 Å². The van der Waals surface area contributed by atoms with E-state index >= 15 is 0 Å². The fourth-order valence-corrected chi connectivity index (χ4v) is 5.13. The number of carbonyl (C=O) groups is 1. The normalized spacial score (nSPS) is 18.7. The molecule has 36 heavy (non-hydrogen) atoms. The lowest BCUT2D eigenvalue weighted by molar-refractivity contribution is -0.116. The van der Waals surface area contributed by atoms with Crippen LogP contribution < -0.4 is 29.6 Å². The molecule has 186 valence electrons. The summed E-state index contributed by atoms with van der Waals surface area (Å²) in [6.07, 6.45) is 1.06. The van der Waals surface area contributed by atoms with Crippen LogP contribution in [0.4, 0.5) is 11.4 Å². The van der Waals surface area contributed by atoms with Crippen LogP contribution in [0.5, 0.6) is 23.0 Å². The molecule has 0 saturated heterocycles. The zero-order valence-electron chi connectivity index (χ0n) is 20.9. The number of fused-ring (bicyclic) bond motifs is 1. The van der Waals surface area contributed by atoms with Gasteiger partial charge in [-0.15, -0.1) is 0 Å². The molecule has 0 saturated carbocycles. The van der Waals surface area contributed by atoms with Crippen molar-refractivity contribution in [1.82, 2.24) is 0 Å². The summed E-state index contributed by atoms with van der Waals surface area (Å²) in [4.78, 5) is 13.9. The minimum absolute atomic E-state index is 0.00155. The van der Waals surface area contributed by atoms with E-state index in [2.05, 4.69) is 10.6 Å². The maximum Gasteiger partial charge on any atom is 0.163 e. The maximum absolute atomic E-state index is 13.9. The van der Waals surface area contributed by atoms with Gasteiger partial charge in [-0.2, -0.15) is 0 Å². The van der Waals surface area contributed by atoms with E-state index in [0.29, 0.717) is 35.8 Å². The molecule has 1 heterocycles. The van der Waals surface area contributed by atoms with Crippen molar-refractivity contribution in [3.63, 3.8) is 0 Å². The van der Waals surface area contributed by atoms with Gasteiger partial charge in [0.1, 0.15) is 11.5 Å². The average Bonchev–Trinajstić information content (AvgIpc) is 3.09. The van der Waals surface area contributed by atoms with Crippen molar-refractivity contribution >= 4 is 17.2 Å². The largest absolute Gasteiger partial charge is 0.497 e. The van der Waals surface area contributed by atoms with Gasteiger partial charge < -0.3 is 29.6 Å². The number of ether oxygens (including phenoxy) is 4. The fourth-order valence-electron chi connectivity index (χ4n) is 5.13. The average molecular weight is 487 g/mol. The lowest BCUT2D eigenvalue weighted by Gasteiger charge is -2.30. The number of hydrogen-bond acceptors (Lipinski definition) is 7. The van der Waals surface area contributed by atoms with E-state index in [1.807, 2.05) is 60.7 Å². The number of rotatable bonds is 6. The number of anilines is 2. The molecule has 0 aromatic heterocycles. The lowest BCUT2D eigenvalue weighted by atomic mass is 9.78. The van der Waals surface area contributed by atoms with E-state index in [-0.39, 0.29) is 11.7 Å². The number of ketones is 1. The molecule has 3 aromatic rings.